The Kier molecular flexibility index (Phi) is 6.17. The quantitative estimate of drug-likeness (QED) is 0.741. The van der Waals surface area contributed by atoms with Crippen molar-refractivity contribution in [1.82, 2.24) is 5.32 Å². The third kappa shape index (κ3) is 6.17. The number of hydrogen-bond donors (Lipinski definition) is 3. The molecule has 4 N–H and O–H groups in total. The highest BCUT2D eigenvalue weighted by Gasteiger charge is 2.17. The van der Waals surface area contributed by atoms with Crippen LogP contribution in [0, 0.1) is 5.41 Å². The van der Waals surface area contributed by atoms with Crippen LogP contribution in [-0.2, 0) is 6.42 Å². The van der Waals surface area contributed by atoms with Gasteiger partial charge in [0, 0.05) is 12.1 Å². The van der Waals surface area contributed by atoms with Crippen molar-refractivity contribution < 1.29 is 9.90 Å². The van der Waals surface area contributed by atoms with Crippen LogP contribution in [0.5, 0.6) is 0 Å². The van der Waals surface area contributed by atoms with Crippen molar-refractivity contribution in [2.75, 3.05) is 13.1 Å². The molecule has 1 amide bonds. The van der Waals surface area contributed by atoms with Gasteiger partial charge in [0.05, 0.1) is 6.10 Å². The SMILES string of the molecule is CC(C)(C)CC(O)CNC(=O)c1ccc(CCN)cc1. The average molecular weight is 278 g/mol. The van der Waals surface area contributed by atoms with E-state index in [-0.39, 0.29) is 17.9 Å². The zero-order valence-electron chi connectivity index (χ0n) is 12.6. The number of hydrogen-bond acceptors (Lipinski definition) is 3. The fourth-order valence-electron chi connectivity index (χ4n) is 2.08. The van der Waals surface area contributed by atoms with Crippen LogP contribution in [0.3, 0.4) is 0 Å². The molecule has 112 valence electrons. The van der Waals surface area contributed by atoms with Gasteiger partial charge in [-0.3, -0.25) is 4.79 Å². The number of rotatable bonds is 6. The minimum Gasteiger partial charge on any atom is -0.391 e. The maximum atomic E-state index is 11.9. The molecule has 0 fully saturated rings. The largest absolute Gasteiger partial charge is 0.391 e. The number of carbonyl (C=O) groups excluding carboxylic acids is 1. The van der Waals surface area contributed by atoms with E-state index >= 15 is 0 Å². The predicted molar refractivity (Wildman–Crippen MR) is 81.6 cm³/mol. The van der Waals surface area contributed by atoms with Gasteiger partial charge in [0.1, 0.15) is 0 Å². The van der Waals surface area contributed by atoms with Crippen LogP contribution in [0.25, 0.3) is 0 Å². The molecule has 1 aromatic carbocycles. The molecule has 20 heavy (non-hydrogen) atoms. The van der Waals surface area contributed by atoms with Gasteiger partial charge in [-0.1, -0.05) is 32.9 Å². The van der Waals surface area contributed by atoms with Gasteiger partial charge in [-0.15, -0.1) is 0 Å². The minimum atomic E-state index is -0.518. The summed E-state index contributed by atoms with van der Waals surface area (Å²) in [7, 11) is 0. The highest BCUT2D eigenvalue weighted by atomic mass is 16.3. The number of amides is 1. The van der Waals surface area contributed by atoms with E-state index in [1.807, 2.05) is 12.1 Å². The fourth-order valence-corrected chi connectivity index (χ4v) is 2.08. The van der Waals surface area contributed by atoms with Crippen molar-refractivity contribution in [2.24, 2.45) is 11.1 Å². The summed E-state index contributed by atoms with van der Waals surface area (Å²) in [5.41, 5.74) is 7.26. The standard InChI is InChI=1S/C16H26N2O2/c1-16(2,3)10-14(19)11-18-15(20)13-6-4-12(5-7-13)8-9-17/h4-7,14,19H,8-11,17H2,1-3H3,(H,18,20). The summed E-state index contributed by atoms with van der Waals surface area (Å²) in [4.78, 5) is 11.9. The van der Waals surface area contributed by atoms with Crippen molar-refractivity contribution in [3.63, 3.8) is 0 Å². The Bertz CT molecular complexity index is 421. The molecule has 0 saturated carbocycles. The molecule has 0 radical (unpaired) electrons. The predicted octanol–water partition coefficient (Wildman–Crippen LogP) is 1.71. The first-order valence-corrected chi connectivity index (χ1v) is 7.07. The van der Waals surface area contributed by atoms with Crippen molar-refractivity contribution in [1.29, 1.82) is 0 Å². The highest BCUT2D eigenvalue weighted by molar-refractivity contribution is 5.94. The topological polar surface area (TPSA) is 75.3 Å². The van der Waals surface area contributed by atoms with Gasteiger partial charge in [-0.25, -0.2) is 0 Å². The Balaban J connectivity index is 2.46. The van der Waals surface area contributed by atoms with Gasteiger partial charge in [0.25, 0.3) is 5.91 Å². The van der Waals surface area contributed by atoms with Crippen molar-refractivity contribution in [2.45, 2.75) is 39.7 Å². The Hall–Kier alpha value is -1.39. The summed E-state index contributed by atoms with van der Waals surface area (Å²) in [6, 6.07) is 7.40. The Morgan fingerprint density at radius 1 is 1.30 bits per heavy atom. The zero-order valence-corrected chi connectivity index (χ0v) is 12.6. The number of benzene rings is 1. The summed E-state index contributed by atoms with van der Waals surface area (Å²) < 4.78 is 0. The Morgan fingerprint density at radius 3 is 2.40 bits per heavy atom. The van der Waals surface area contributed by atoms with E-state index in [2.05, 4.69) is 26.1 Å². The molecule has 1 aromatic rings. The van der Waals surface area contributed by atoms with Crippen LogP contribution in [0.2, 0.25) is 0 Å². The van der Waals surface area contributed by atoms with E-state index in [0.717, 1.165) is 12.0 Å². The van der Waals surface area contributed by atoms with Gasteiger partial charge in [0.15, 0.2) is 0 Å². The number of nitrogens with one attached hydrogen (secondary N) is 1. The molecule has 0 aromatic heterocycles. The van der Waals surface area contributed by atoms with Crippen LogP contribution in [0.1, 0.15) is 43.1 Å². The lowest BCUT2D eigenvalue weighted by Gasteiger charge is -2.22. The second-order valence-electron chi connectivity index (χ2n) is 6.36. The Morgan fingerprint density at radius 2 is 1.90 bits per heavy atom. The average Bonchev–Trinajstić information content (AvgIpc) is 2.35. The van der Waals surface area contributed by atoms with E-state index in [0.29, 0.717) is 18.5 Å². The smallest absolute Gasteiger partial charge is 0.251 e. The molecule has 1 unspecified atom stereocenters. The number of aliphatic hydroxyl groups excluding tert-OH is 1. The highest BCUT2D eigenvalue weighted by Crippen LogP contribution is 2.20. The van der Waals surface area contributed by atoms with Gasteiger partial charge in [-0.2, -0.15) is 0 Å². The molecular weight excluding hydrogens is 252 g/mol. The van der Waals surface area contributed by atoms with Gasteiger partial charge in [0.2, 0.25) is 0 Å². The zero-order chi connectivity index (χ0) is 15.2. The Labute approximate surface area is 121 Å². The molecule has 0 aliphatic heterocycles. The van der Waals surface area contributed by atoms with Crippen LogP contribution < -0.4 is 11.1 Å². The van der Waals surface area contributed by atoms with Crippen LogP contribution >= 0.6 is 0 Å². The molecule has 0 heterocycles. The summed E-state index contributed by atoms with van der Waals surface area (Å²) in [6.07, 6.45) is 0.949. The first-order valence-electron chi connectivity index (χ1n) is 7.07. The van der Waals surface area contributed by atoms with E-state index in [9.17, 15) is 9.90 Å². The maximum Gasteiger partial charge on any atom is 0.251 e. The van der Waals surface area contributed by atoms with Crippen LogP contribution in [0.4, 0.5) is 0 Å². The molecule has 0 spiro atoms. The lowest BCUT2D eigenvalue weighted by Crippen LogP contribution is -2.34. The van der Waals surface area contributed by atoms with Crippen molar-refractivity contribution >= 4 is 5.91 Å². The lowest BCUT2D eigenvalue weighted by atomic mass is 9.89. The third-order valence-electron chi connectivity index (χ3n) is 3.00. The summed E-state index contributed by atoms with van der Waals surface area (Å²) >= 11 is 0. The van der Waals surface area contributed by atoms with E-state index < -0.39 is 6.10 Å². The van der Waals surface area contributed by atoms with Gasteiger partial charge < -0.3 is 16.2 Å². The second-order valence-corrected chi connectivity index (χ2v) is 6.36. The first-order chi connectivity index (χ1) is 9.31. The van der Waals surface area contributed by atoms with Gasteiger partial charge in [-0.05, 0) is 42.5 Å². The normalized spacial score (nSPS) is 13.1. The minimum absolute atomic E-state index is 0.0496. The number of carbonyl (C=O) groups is 1. The van der Waals surface area contributed by atoms with E-state index in [4.69, 9.17) is 5.73 Å². The summed E-state index contributed by atoms with van der Waals surface area (Å²) in [6.45, 7) is 7.07. The maximum absolute atomic E-state index is 11.9. The first kappa shape index (κ1) is 16.7. The number of aliphatic hydroxyl groups is 1. The number of nitrogens with two attached hydrogens (primary N) is 1. The molecule has 0 aliphatic rings. The van der Waals surface area contributed by atoms with Crippen molar-refractivity contribution in [3.05, 3.63) is 35.4 Å². The molecule has 1 atom stereocenters. The van der Waals surface area contributed by atoms with Crippen LogP contribution in [0.15, 0.2) is 24.3 Å². The van der Waals surface area contributed by atoms with Gasteiger partial charge >= 0.3 is 0 Å². The lowest BCUT2D eigenvalue weighted by molar-refractivity contribution is 0.0868. The fraction of sp³-hybridized carbons (Fsp3) is 0.562. The summed E-state index contributed by atoms with van der Waals surface area (Å²) in [5.74, 6) is -0.155. The molecule has 0 bridgehead atoms. The molecule has 4 nitrogen and oxygen atoms in total. The van der Waals surface area contributed by atoms with Crippen LogP contribution in [-0.4, -0.2) is 30.2 Å². The molecule has 1 rings (SSSR count). The summed E-state index contributed by atoms with van der Waals surface area (Å²) in [5, 5.41) is 12.6. The molecule has 0 saturated heterocycles. The van der Waals surface area contributed by atoms with Crippen molar-refractivity contribution in [3.8, 4) is 0 Å². The third-order valence-corrected chi connectivity index (χ3v) is 3.00. The monoisotopic (exact) mass is 278 g/mol. The molecule has 0 aliphatic carbocycles. The van der Waals surface area contributed by atoms with E-state index in [1.54, 1.807) is 12.1 Å². The second kappa shape index (κ2) is 7.41. The van der Waals surface area contributed by atoms with E-state index in [1.165, 1.54) is 0 Å². The molecular formula is C16H26N2O2. The molecule has 4 heteroatoms.